The van der Waals surface area contributed by atoms with E-state index in [0.29, 0.717) is 12.8 Å². The van der Waals surface area contributed by atoms with Gasteiger partial charge in [-0.25, -0.2) is 4.39 Å². The molecule has 0 fully saturated rings. The maximum Gasteiger partial charge on any atom is 0.325 e. The first-order chi connectivity index (χ1) is 10.9. The molecule has 0 aliphatic heterocycles. The number of carbonyl (C=O) groups excluding carboxylic acids is 2. The highest BCUT2D eigenvalue weighted by atomic mass is 19.1. The molecular formula is C17H19FN2O3. The normalized spacial score (nSPS) is 11.3. The van der Waals surface area contributed by atoms with Crippen LogP contribution in [0.4, 0.5) is 4.39 Å². The van der Waals surface area contributed by atoms with Gasteiger partial charge in [0, 0.05) is 16.6 Å². The number of hydrogen-bond acceptors (Lipinski definition) is 3. The molecule has 2 aromatic rings. The summed E-state index contributed by atoms with van der Waals surface area (Å²) in [6.45, 7) is 1.95. The third kappa shape index (κ3) is 3.77. The molecule has 0 unspecified atom stereocenters. The van der Waals surface area contributed by atoms with Gasteiger partial charge in [0.15, 0.2) is 0 Å². The molecule has 1 aromatic carbocycles. The Balaban J connectivity index is 2.42. The lowest BCUT2D eigenvalue weighted by molar-refractivity contribution is -0.141. The number of fused-ring (bicyclic) bond motifs is 1. The van der Waals surface area contributed by atoms with Gasteiger partial charge in [-0.15, -0.1) is 0 Å². The summed E-state index contributed by atoms with van der Waals surface area (Å²) in [5.74, 6) is -1.20. The molecule has 0 aliphatic rings. The Bertz CT molecular complexity index is 778. The van der Waals surface area contributed by atoms with Crippen molar-refractivity contribution in [1.29, 1.82) is 0 Å². The van der Waals surface area contributed by atoms with Crippen molar-refractivity contribution in [3.05, 3.63) is 47.4 Å². The van der Waals surface area contributed by atoms with Crippen molar-refractivity contribution in [3.8, 4) is 0 Å². The highest BCUT2D eigenvalue weighted by molar-refractivity contribution is 5.87. The molecule has 0 atom stereocenters. The minimum atomic E-state index is -0.499. The molecule has 5 nitrogen and oxygen atoms in total. The van der Waals surface area contributed by atoms with E-state index >= 15 is 0 Å². The molecule has 122 valence electrons. The number of aromatic nitrogens is 1. The van der Waals surface area contributed by atoms with Gasteiger partial charge in [-0.05, 0) is 49.6 Å². The first kappa shape index (κ1) is 16.7. The van der Waals surface area contributed by atoms with Gasteiger partial charge in [0.25, 0.3) is 0 Å². The average molecular weight is 318 g/mol. The van der Waals surface area contributed by atoms with Crippen LogP contribution in [0.15, 0.2) is 30.4 Å². The molecule has 0 spiro atoms. The van der Waals surface area contributed by atoms with E-state index in [1.54, 1.807) is 12.1 Å². The Morgan fingerprint density at radius 3 is 2.78 bits per heavy atom. The summed E-state index contributed by atoms with van der Waals surface area (Å²) >= 11 is 0. The number of benzene rings is 1. The largest absolute Gasteiger partial charge is 0.468 e. The lowest BCUT2D eigenvalue weighted by atomic mass is 10.1. The molecule has 0 bridgehead atoms. The summed E-state index contributed by atoms with van der Waals surface area (Å²) in [4.78, 5) is 22.3. The maximum atomic E-state index is 13.6. The van der Waals surface area contributed by atoms with Crippen LogP contribution >= 0.6 is 0 Å². The molecule has 0 saturated heterocycles. The van der Waals surface area contributed by atoms with E-state index < -0.39 is 5.91 Å². The van der Waals surface area contributed by atoms with Crippen LogP contribution in [0, 0.1) is 12.7 Å². The summed E-state index contributed by atoms with van der Waals surface area (Å²) in [5, 5.41) is 0.763. The fourth-order valence-electron chi connectivity index (χ4n) is 2.66. The van der Waals surface area contributed by atoms with Crippen molar-refractivity contribution in [3.63, 3.8) is 0 Å². The van der Waals surface area contributed by atoms with E-state index in [9.17, 15) is 14.0 Å². The number of ether oxygens (including phenoxy) is 1. The topological polar surface area (TPSA) is 74.3 Å². The second-order valence-electron chi connectivity index (χ2n) is 5.23. The van der Waals surface area contributed by atoms with Gasteiger partial charge in [0.05, 0.1) is 7.11 Å². The van der Waals surface area contributed by atoms with E-state index in [0.717, 1.165) is 22.2 Å². The number of allylic oxidation sites excluding steroid dienone is 1. The van der Waals surface area contributed by atoms with Gasteiger partial charge in [-0.1, -0.05) is 6.08 Å². The van der Waals surface area contributed by atoms with E-state index in [-0.39, 0.29) is 18.3 Å². The monoisotopic (exact) mass is 318 g/mol. The molecule has 0 aliphatic carbocycles. The summed E-state index contributed by atoms with van der Waals surface area (Å²) < 4.78 is 20.1. The van der Waals surface area contributed by atoms with Crippen LogP contribution in [0.2, 0.25) is 0 Å². The van der Waals surface area contributed by atoms with E-state index in [2.05, 4.69) is 0 Å². The third-order valence-corrected chi connectivity index (χ3v) is 3.77. The number of amides is 1. The molecule has 1 heterocycles. The number of aryl methyl sites for hydroxylation is 1. The second-order valence-corrected chi connectivity index (χ2v) is 5.23. The smallest absolute Gasteiger partial charge is 0.325 e. The number of methoxy groups -OCH3 is 1. The number of nitrogens with zero attached hydrogens (tertiary/aromatic N) is 1. The Labute approximate surface area is 133 Å². The maximum absolute atomic E-state index is 13.6. The molecule has 2 rings (SSSR count). The Morgan fingerprint density at radius 2 is 2.13 bits per heavy atom. The quantitative estimate of drug-likeness (QED) is 0.655. The SMILES string of the molecule is COC(=O)Cn1c(C)c(CC/C=C\C(N)=O)c2cc(F)ccc21. The summed E-state index contributed by atoms with van der Waals surface area (Å²) in [5.41, 5.74) is 7.66. The first-order valence-electron chi connectivity index (χ1n) is 7.24. The predicted molar refractivity (Wildman–Crippen MR) is 85.3 cm³/mol. The zero-order valence-electron chi connectivity index (χ0n) is 13.1. The number of primary amides is 1. The van der Waals surface area contributed by atoms with Crippen molar-refractivity contribution in [2.75, 3.05) is 7.11 Å². The highest BCUT2D eigenvalue weighted by Gasteiger charge is 2.16. The van der Waals surface area contributed by atoms with Gasteiger partial charge in [-0.3, -0.25) is 9.59 Å². The number of nitrogens with two attached hydrogens (primary N) is 1. The van der Waals surface area contributed by atoms with Gasteiger partial charge < -0.3 is 15.0 Å². The van der Waals surface area contributed by atoms with E-state index in [1.165, 1.54) is 25.3 Å². The van der Waals surface area contributed by atoms with Crippen LogP contribution in [-0.4, -0.2) is 23.6 Å². The predicted octanol–water partition coefficient (Wildman–Crippen LogP) is 2.24. The molecule has 23 heavy (non-hydrogen) atoms. The average Bonchev–Trinajstić information content (AvgIpc) is 2.75. The number of esters is 1. The fourth-order valence-corrected chi connectivity index (χ4v) is 2.66. The van der Waals surface area contributed by atoms with Gasteiger partial charge in [0.1, 0.15) is 12.4 Å². The van der Waals surface area contributed by atoms with Crippen molar-refractivity contribution in [2.24, 2.45) is 5.73 Å². The van der Waals surface area contributed by atoms with Crippen LogP contribution in [0.3, 0.4) is 0 Å². The molecular weight excluding hydrogens is 299 g/mol. The summed E-state index contributed by atoms with van der Waals surface area (Å²) in [6, 6.07) is 4.49. The number of carbonyl (C=O) groups is 2. The van der Waals surface area contributed by atoms with Crippen LogP contribution < -0.4 is 5.73 Å². The molecule has 0 saturated carbocycles. The number of halogens is 1. The van der Waals surface area contributed by atoms with Crippen LogP contribution in [0.1, 0.15) is 17.7 Å². The summed E-state index contributed by atoms with van der Waals surface area (Å²) in [7, 11) is 1.33. The molecule has 1 amide bonds. The van der Waals surface area contributed by atoms with Crippen LogP contribution in [0.25, 0.3) is 10.9 Å². The second kappa shape index (κ2) is 7.09. The zero-order chi connectivity index (χ0) is 17.0. The molecule has 2 N–H and O–H groups in total. The van der Waals surface area contributed by atoms with Gasteiger partial charge in [-0.2, -0.15) is 0 Å². The summed E-state index contributed by atoms with van der Waals surface area (Å²) in [6.07, 6.45) is 4.20. The lowest BCUT2D eigenvalue weighted by Crippen LogP contribution is -2.12. The Morgan fingerprint density at radius 1 is 1.39 bits per heavy atom. The van der Waals surface area contributed by atoms with E-state index in [1.807, 2.05) is 11.5 Å². The third-order valence-electron chi connectivity index (χ3n) is 3.77. The standard InChI is InChI=1S/C17H19FN2O3/c1-11-13(5-3-4-6-16(19)21)14-9-12(18)7-8-15(14)20(11)10-17(22)23-2/h4,6-9H,3,5,10H2,1-2H3,(H2,19,21)/b6-4-. The van der Waals surface area contributed by atoms with Gasteiger partial charge >= 0.3 is 5.97 Å². The Hall–Kier alpha value is -2.63. The van der Waals surface area contributed by atoms with Crippen LogP contribution in [-0.2, 0) is 27.3 Å². The highest BCUT2D eigenvalue weighted by Crippen LogP contribution is 2.28. The van der Waals surface area contributed by atoms with Crippen molar-refractivity contribution in [2.45, 2.75) is 26.3 Å². The fraction of sp³-hybridized carbons (Fsp3) is 0.294. The minimum Gasteiger partial charge on any atom is -0.468 e. The Kier molecular flexibility index (Phi) is 5.16. The minimum absolute atomic E-state index is 0.0710. The van der Waals surface area contributed by atoms with Crippen molar-refractivity contribution >= 4 is 22.8 Å². The van der Waals surface area contributed by atoms with Crippen molar-refractivity contribution in [1.82, 2.24) is 4.57 Å². The molecule has 0 radical (unpaired) electrons. The first-order valence-corrected chi connectivity index (χ1v) is 7.24. The van der Waals surface area contributed by atoms with E-state index in [4.69, 9.17) is 10.5 Å². The van der Waals surface area contributed by atoms with Crippen LogP contribution in [0.5, 0.6) is 0 Å². The number of hydrogen-bond donors (Lipinski definition) is 1. The number of rotatable bonds is 6. The molecule has 6 heteroatoms. The van der Waals surface area contributed by atoms with Crippen molar-refractivity contribution < 1.29 is 18.7 Å². The van der Waals surface area contributed by atoms with Gasteiger partial charge in [0.2, 0.25) is 5.91 Å². The zero-order valence-corrected chi connectivity index (χ0v) is 13.1. The lowest BCUT2D eigenvalue weighted by Gasteiger charge is -2.07. The molecule has 1 aromatic heterocycles.